The van der Waals surface area contributed by atoms with Crippen LogP contribution in [0, 0.1) is 11.8 Å². The van der Waals surface area contributed by atoms with Crippen LogP contribution >= 0.6 is 15.6 Å². The van der Waals surface area contributed by atoms with E-state index in [0.29, 0.717) is 31.6 Å². The first-order chi connectivity index (χ1) is 42.4. The SMILES string of the molecule is CCCCCCCCCCCCCCCCC(=O)O[C@H](COC(=O)CCCCCCCCCCCC(C)C)COP(=O)(O)OC[C@@H](O)COP(=O)(O)OC[C@@H](COC(=O)CCCCCCCCCC(C)C)OC(=O)CCCCCCCCCCCCCC. The van der Waals surface area contributed by atoms with Crippen molar-refractivity contribution in [3.8, 4) is 0 Å². The first-order valence-corrected chi connectivity index (χ1v) is 39.0. The molecule has 0 aromatic rings. The van der Waals surface area contributed by atoms with Crippen molar-refractivity contribution in [2.75, 3.05) is 39.6 Å². The summed E-state index contributed by atoms with van der Waals surface area (Å²) in [6, 6.07) is 0. The number of aliphatic hydroxyl groups excluding tert-OH is 1. The van der Waals surface area contributed by atoms with Crippen molar-refractivity contribution in [2.24, 2.45) is 11.8 Å². The Morgan fingerprint density at radius 1 is 0.307 bits per heavy atom. The molecule has 0 spiro atoms. The van der Waals surface area contributed by atoms with Gasteiger partial charge >= 0.3 is 39.5 Å². The number of esters is 4. The van der Waals surface area contributed by atoms with E-state index in [-0.39, 0.29) is 25.7 Å². The zero-order chi connectivity index (χ0) is 65.0. The second-order valence-corrected chi connectivity index (χ2v) is 28.8. The summed E-state index contributed by atoms with van der Waals surface area (Å²) in [4.78, 5) is 72.5. The minimum atomic E-state index is -4.95. The Morgan fingerprint density at radius 3 is 0.773 bits per heavy atom. The molecule has 0 saturated heterocycles. The Bertz CT molecular complexity index is 1720. The maximum atomic E-state index is 13.0. The summed E-state index contributed by atoms with van der Waals surface area (Å²) in [5, 5.41) is 10.6. The molecular formula is C69H134O17P2. The average molecular weight is 1300 g/mol. The van der Waals surface area contributed by atoms with Crippen LogP contribution in [0.5, 0.6) is 0 Å². The third kappa shape index (κ3) is 62.8. The number of unbranched alkanes of at least 4 members (excludes halogenated alkanes) is 38. The molecule has 0 saturated carbocycles. The molecule has 0 bridgehead atoms. The second kappa shape index (κ2) is 61.3. The molecule has 0 aliphatic rings. The van der Waals surface area contributed by atoms with E-state index in [9.17, 15) is 43.2 Å². The lowest BCUT2D eigenvalue weighted by molar-refractivity contribution is -0.161. The van der Waals surface area contributed by atoms with Gasteiger partial charge in [-0.3, -0.25) is 37.3 Å². The van der Waals surface area contributed by atoms with Crippen molar-refractivity contribution in [2.45, 2.75) is 368 Å². The molecule has 0 amide bonds. The number of hydrogen-bond acceptors (Lipinski definition) is 15. The van der Waals surface area contributed by atoms with E-state index in [1.54, 1.807) is 0 Å². The predicted octanol–water partition coefficient (Wildman–Crippen LogP) is 19.6. The number of carbonyl (C=O) groups is 4. The molecule has 522 valence electrons. The summed E-state index contributed by atoms with van der Waals surface area (Å²) in [5.74, 6) is -0.675. The van der Waals surface area contributed by atoms with Gasteiger partial charge in [-0.2, -0.15) is 0 Å². The minimum absolute atomic E-state index is 0.106. The molecule has 0 aliphatic heterocycles. The number of aliphatic hydroxyl groups is 1. The van der Waals surface area contributed by atoms with Gasteiger partial charge in [0.25, 0.3) is 0 Å². The van der Waals surface area contributed by atoms with Gasteiger partial charge in [0.2, 0.25) is 0 Å². The standard InChI is InChI=1S/C69H134O17P2/c1-7-9-11-13-15-17-19-21-22-24-28-35-42-48-54-69(74)85-64(57-79-66(71)51-45-39-33-29-25-26-31-37-43-49-61(3)4)59-83-87(75,76)81-55-63(70)56-82-88(77,78)84-60-65(58-80-67(72)52-46-40-36-30-32-38-44-50-62(5)6)86-68(73)53-47-41-34-27-23-20-18-16-14-12-10-8-2/h61-65,70H,7-60H2,1-6H3,(H,75,76)(H,77,78)/t63-,64-,65-/m1/s1. The number of hydrogen-bond donors (Lipinski definition) is 3. The summed E-state index contributed by atoms with van der Waals surface area (Å²) >= 11 is 0. The topological polar surface area (TPSA) is 237 Å². The fourth-order valence-electron chi connectivity index (χ4n) is 10.4. The van der Waals surface area contributed by atoms with Crippen LogP contribution in [0.25, 0.3) is 0 Å². The van der Waals surface area contributed by atoms with Crippen molar-refractivity contribution >= 4 is 39.5 Å². The molecule has 0 radical (unpaired) electrons. The normalized spacial score (nSPS) is 14.2. The van der Waals surface area contributed by atoms with E-state index >= 15 is 0 Å². The van der Waals surface area contributed by atoms with E-state index < -0.39 is 97.5 Å². The lowest BCUT2D eigenvalue weighted by Crippen LogP contribution is -2.30. The van der Waals surface area contributed by atoms with Gasteiger partial charge in [0.15, 0.2) is 12.2 Å². The summed E-state index contributed by atoms with van der Waals surface area (Å²) in [7, 11) is -9.90. The highest BCUT2D eigenvalue weighted by Gasteiger charge is 2.30. The van der Waals surface area contributed by atoms with Gasteiger partial charge in [-0.05, 0) is 37.5 Å². The summed E-state index contributed by atoms with van der Waals surface area (Å²) in [6.45, 7) is 9.47. The Morgan fingerprint density at radius 2 is 0.523 bits per heavy atom. The Kier molecular flexibility index (Phi) is 59.9. The first kappa shape index (κ1) is 86.1. The van der Waals surface area contributed by atoms with Gasteiger partial charge in [-0.25, -0.2) is 9.13 Å². The molecule has 0 fully saturated rings. The third-order valence-electron chi connectivity index (χ3n) is 16.0. The summed E-state index contributed by atoms with van der Waals surface area (Å²) in [6.07, 6.45) is 45.8. The van der Waals surface area contributed by atoms with Crippen LogP contribution < -0.4 is 0 Å². The maximum Gasteiger partial charge on any atom is 0.472 e. The fourth-order valence-corrected chi connectivity index (χ4v) is 12.0. The summed E-state index contributed by atoms with van der Waals surface area (Å²) in [5.41, 5.74) is 0. The quantitative estimate of drug-likeness (QED) is 0.0222. The van der Waals surface area contributed by atoms with Crippen LogP contribution in [0.2, 0.25) is 0 Å². The van der Waals surface area contributed by atoms with Gasteiger partial charge < -0.3 is 33.8 Å². The highest BCUT2D eigenvalue weighted by atomic mass is 31.2. The number of carbonyl (C=O) groups excluding carboxylic acids is 4. The molecule has 2 unspecified atom stereocenters. The van der Waals surface area contributed by atoms with E-state index in [4.69, 9.17) is 37.0 Å². The van der Waals surface area contributed by atoms with Gasteiger partial charge in [-0.15, -0.1) is 0 Å². The van der Waals surface area contributed by atoms with Crippen molar-refractivity contribution in [3.05, 3.63) is 0 Å². The van der Waals surface area contributed by atoms with Gasteiger partial charge in [0, 0.05) is 25.7 Å². The Hall–Kier alpha value is -1.94. The minimum Gasteiger partial charge on any atom is -0.462 e. The molecule has 0 aromatic carbocycles. The highest BCUT2D eigenvalue weighted by Crippen LogP contribution is 2.45. The number of phosphoric acid groups is 2. The molecule has 17 nitrogen and oxygen atoms in total. The van der Waals surface area contributed by atoms with Crippen LogP contribution in [0.3, 0.4) is 0 Å². The molecule has 3 N–H and O–H groups in total. The highest BCUT2D eigenvalue weighted by molar-refractivity contribution is 7.47. The molecule has 0 aliphatic carbocycles. The van der Waals surface area contributed by atoms with E-state index in [1.165, 1.54) is 161 Å². The molecular weight excluding hydrogens is 1160 g/mol. The van der Waals surface area contributed by atoms with Gasteiger partial charge in [0.05, 0.1) is 26.4 Å². The van der Waals surface area contributed by atoms with Crippen LogP contribution in [-0.4, -0.2) is 96.7 Å². The number of ether oxygens (including phenoxy) is 4. The Balaban J connectivity index is 5.25. The zero-order valence-corrected chi connectivity index (χ0v) is 58.8. The van der Waals surface area contributed by atoms with Crippen LogP contribution in [-0.2, 0) is 65.4 Å². The molecule has 0 aromatic heterocycles. The van der Waals surface area contributed by atoms with E-state index in [0.717, 1.165) is 102 Å². The van der Waals surface area contributed by atoms with Crippen LogP contribution in [0.1, 0.15) is 350 Å². The van der Waals surface area contributed by atoms with Gasteiger partial charge in [0.1, 0.15) is 19.3 Å². The Labute approximate surface area is 537 Å². The summed E-state index contributed by atoms with van der Waals surface area (Å²) < 4.78 is 68.2. The third-order valence-corrected chi connectivity index (χ3v) is 17.9. The van der Waals surface area contributed by atoms with Crippen LogP contribution in [0.15, 0.2) is 0 Å². The van der Waals surface area contributed by atoms with Gasteiger partial charge in [-0.1, -0.05) is 298 Å². The largest absolute Gasteiger partial charge is 0.472 e. The number of rotatable bonds is 68. The van der Waals surface area contributed by atoms with Crippen molar-refractivity contribution in [1.82, 2.24) is 0 Å². The molecule has 88 heavy (non-hydrogen) atoms. The predicted molar refractivity (Wildman–Crippen MR) is 354 cm³/mol. The second-order valence-electron chi connectivity index (χ2n) is 25.9. The molecule has 19 heteroatoms. The monoisotopic (exact) mass is 1300 g/mol. The zero-order valence-electron chi connectivity index (χ0n) is 57.0. The lowest BCUT2D eigenvalue weighted by atomic mass is 10.0. The lowest BCUT2D eigenvalue weighted by Gasteiger charge is -2.21. The van der Waals surface area contributed by atoms with Crippen molar-refractivity contribution < 1.29 is 80.2 Å². The van der Waals surface area contributed by atoms with E-state index in [1.807, 2.05) is 0 Å². The molecule has 0 heterocycles. The maximum absolute atomic E-state index is 13.0. The van der Waals surface area contributed by atoms with Crippen LogP contribution in [0.4, 0.5) is 0 Å². The molecule has 5 atom stereocenters. The fraction of sp³-hybridized carbons (Fsp3) is 0.942. The number of phosphoric ester groups is 2. The molecule has 0 rings (SSSR count). The average Bonchev–Trinajstić information content (AvgIpc) is 3.67. The first-order valence-electron chi connectivity index (χ1n) is 36.0. The van der Waals surface area contributed by atoms with Crippen molar-refractivity contribution in [3.63, 3.8) is 0 Å². The van der Waals surface area contributed by atoms with E-state index in [2.05, 4.69) is 41.5 Å². The van der Waals surface area contributed by atoms with Crippen molar-refractivity contribution in [1.29, 1.82) is 0 Å². The smallest absolute Gasteiger partial charge is 0.462 e.